The number of halogens is 1. The Balaban J connectivity index is 1.65. The molecule has 0 spiro atoms. The van der Waals surface area contributed by atoms with E-state index in [1.807, 2.05) is 18.3 Å². The molecule has 0 radical (unpaired) electrons. The van der Waals surface area contributed by atoms with E-state index >= 15 is 0 Å². The second-order valence-corrected chi connectivity index (χ2v) is 5.85. The van der Waals surface area contributed by atoms with Crippen LogP contribution in [-0.4, -0.2) is 24.0 Å². The largest absolute Gasteiger partial charge is 0.370 e. The summed E-state index contributed by atoms with van der Waals surface area (Å²) in [6.07, 6.45) is 5.59. The predicted molar refractivity (Wildman–Crippen MR) is 89.7 cm³/mol. The van der Waals surface area contributed by atoms with Gasteiger partial charge in [0.2, 0.25) is 0 Å². The van der Waals surface area contributed by atoms with Crippen LogP contribution in [0, 0.1) is 0 Å². The van der Waals surface area contributed by atoms with Crippen LogP contribution < -0.4 is 10.2 Å². The molecule has 22 heavy (non-hydrogen) atoms. The first kappa shape index (κ1) is 14.9. The van der Waals surface area contributed by atoms with Gasteiger partial charge in [0, 0.05) is 23.7 Å². The first-order valence-corrected chi connectivity index (χ1v) is 7.88. The molecule has 1 N–H and O–H groups in total. The minimum Gasteiger partial charge on any atom is -0.370 e. The molecule has 1 aliphatic rings. The molecule has 1 aromatic heterocycles. The maximum absolute atomic E-state index is 12.1. The van der Waals surface area contributed by atoms with Crippen LogP contribution in [0.15, 0.2) is 42.6 Å². The minimum atomic E-state index is -0.185. The maximum atomic E-state index is 12.1. The monoisotopic (exact) mass is 315 g/mol. The Labute approximate surface area is 135 Å². The maximum Gasteiger partial charge on any atom is 0.256 e. The van der Waals surface area contributed by atoms with Crippen molar-refractivity contribution in [2.45, 2.75) is 19.3 Å². The number of benzene rings is 1. The van der Waals surface area contributed by atoms with Gasteiger partial charge in [-0.1, -0.05) is 11.6 Å². The fourth-order valence-corrected chi connectivity index (χ4v) is 2.71. The van der Waals surface area contributed by atoms with Crippen LogP contribution in [0.25, 0.3) is 0 Å². The number of carbonyl (C=O) groups excluding carboxylic acids is 1. The third-order valence-electron chi connectivity index (χ3n) is 3.82. The van der Waals surface area contributed by atoms with Crippen LogP contribution in [0.3, 0.4) is 0 Å². The number of aromatic nitrogens is 1. The summed E-state index contributed by atoms with van der Waals surface area (Å²) in [7, 11) is 0. The van der Waals surface area contributed by atoms with Crippen molar-refractivity contribution in [3.63, 3.8) is 0 Å². The lowest BCUT2D eigenvalue weighted by atomic mass is 10.1. The van der Waals surface area contributed by atoms with Crippen molar-refractivity contribution in [1.82, 2.24) is 4.98 Å². The van der Waals surface area contributed by atoms with E-state index in [2.05, 4.69) is 15.2 Å². The highest BCUT2D eigenvalue weighted by Crippen LogP contribution is 2.20. The molecule has 2 aromatic rings. The molecule has 114 valence electrons. The van der Waals surface area contributed by atoms with Crippen molar-refractivity contribution in [2.75, 3.05) is 23.3 Å². The van der Waals surface area contributed by atoms with E-state index in [0.29, 0.717) is 16.4 Å². The first-order chi connectivity index (χ1) is 10.7. The highest BCUT2D eigenvalue weighted by Gasteiger charge is 2.12. The Kier molecular flexibility index (Phi) is 4.59. The van der Waals surface area contributed by atoms with Gasteiger partial charge in [-0.2, -0.15) is 0 Å². The van der Waals surface area contributed by atoms with Crippen molar-refractivity contribution in [1.29, 1.82) is 0 Å². The van der Waals surface area contributed by atoms with Crippen LogP contribution >= 0.6 is 11.6 Å². The lowest BCUT2D eigenvalue weighted by Gasteiger charge is -2.28. The summed E-state index contributed by atoms with van der Waals surface area (Å²) in [5, 5.41) is 3.41. The first-order valence-electron chi connectivity index (χ1n) is 7.50. The van der Waals surface area contributed by atoms with Gasteiger partial charge < -0.3 is 10.2 Å². The smallest absolute Gasteiger partial charge is 0.256 e. The Hall–Kier alpha value is -2.07. The molecule has 0 saturated carbocycles. The number of piperidine rings is 1. The molecule has 0 unspecified atom stereocenters. The van der Waals surface area contributed by atoms with Crippen molar-refractivity contribution in [3.8, 4) is 0 Å². The summed E-state index contributed by atoms with van der Waals surface area (Å²) < 4.78 is 0. The van der Waals surface area contributed by atoms with Crippen LogP contribution in [0.5, 0.6) is 0 Å². The molecule has 4 nitrogen and oxygen atoms in total. The Bertz CT molecular complexity index is 634. The number of anilines is 2. The number of nitrogens with zero attached hydrogens (tertiary/aromatic N) is 2. The lowest BCUT2D eigenvalue weighted by molar-refractivity contribution is 0.102. The Morgan fingerprint density at radius 2 is 1.77 bits per heavy atom. The minimum absolute atomic E-state index is 0.185. The van der Waals surface area contributed by atoms with Crippen LogP contribution in [-0.2, 0) is 0 Å². The topological polar surface area (TPSA) is 45.2 Å². The Morgan fingerprint density at radius 3 is 2.41 bits per heavy atom. The van der Waals surface area contributed by atoms with Crippen LogP contribution in [0.1, 0.15) is 29.6 Å². The highest BCUT2D eigenvalue weighted by atomic mass is 35.5. The predicted octanol–water partition coefficient (Wildman–Crippen LogP) is 3.98. The molecule has 0 bridgehead atoms. The van der Waals surface area contributed by atoms with Gasteiger partial charge >= 0.3 is 0 Å². The van der Waals surface area contributed by atoms with Gasteiger partial charge in [-0.05, 0) is 55.7 Å². The summed E-state index contributed by atoms with van der Waals surface area (Å²) >= 11 is 5.82. The molecule has 0 aliphatic carbocycles. The second-order valence-electron chi connectivity index (χ2n) is 5.41. The zero-order valence-electron chi connectivity index (χ0n) is 12.3. The fraction of sp³-hybridized carbons (Fsp3) is 0.294. The normalized spacial score (nSPS) is 14.7. The van der Waals surface area contributed by atoms with Gasteiger partial charge in [0.15, 0.2) is 0 Å². The Morgan fingerprint density at radius 1 is 1.05 bits per heavy atom. The highest BCUT2D eigenvalue weighted by molar-refractivity contribution is 6.30. The third kappa shape index (κ3) is 3.57. The molecule has 1 fully saturated rings. The van der Waals surface area contributed by atoms with E-state index in [0.717, 1.165) is 18.8 Å². The summed E-state index contributed by atoms with van der Waals surface area (Å²) in [5.41, 5.74) is 1.68. The zero-order valence-corrected chi connectivity index (χ0v) is 13.0. The summed E-state index contributed by atoms with van der Waals surface area (Å²) in [4.78, 5) is 18.8. The number of nitrogens with one attached hydrogen (secondary N) is 1. The average molecular weight is 316 g/mol. The molecule has 0 atom stereocenters. The van der Waals surface area contributed by atoms with Gasteiger partial charge in [-0.3, -0.25) is 4.79 Å². The number of rotatable bonds is 3. The van der Waals surface area contributed by atoms with Crippen LogP contribution in [0.4, 0.5) is 11.5 Å². The summed E-state index contributed by atoms with van der Waals surface area (Å²) in [5.74, 6) is 0.371. The number of carbonyl (C=O) groups is 1. The molecule has 1 aromatic carbocycles. The lowest BCUT2D eigenvalue weighted by Crippen LogP contribution is -2.29. The van der Waals surface area contributed by atoms with Gasteiger partial charge in [0.25, 0.3) is 5.91 Å². The number of pyridine rings is 1. The SMILES string of the molecule is O=C(Nc1ccc(N2CCCCC2)cn1)c1ccc(Cl)cc1. The average Bonchev–Trinajstić information content (AvgIpc) is 2.57. The van der Waals surface area contributed by atoms with E-state index in [4.69, 9.17) is 11.6 Å². The molecule has 5 heteroatoms. The van der Waals surface area contributed by atoms with Crippen molar-refractivity contribution in [3.05, 3.63) is 53.2 Å². The third-order valence-corrected chi connectivity index (χ3v) is 4.07. The summed E-state index contributed by atoms with van der Waals surface area (Å²) in [6, 6.07) is 10.6. The van der Waals surface area contributed by atoms with Gasteiger partial charge in [0.1, 0.15) is 5.82 Å². The standard InChI is InChI=1S/C17H18ClN3O/c18-14-6-4-13(5-7-14)17(22)20-16-9-8-15(12-19-16)21-10-2-1-3-11-21/h4-9,12H,1-3,10-11H2,(H,19,20,22). The van der Waals surface area contributed by atoms with Gasteiger partial charge in [-0.25, -0.2) is 4.98 Å². The van der Waals surface area contributed by atoms with E-state index in [9.17, 15) is 4.79 Å². The quantitative estimate of drug-likeness (QED) is 0.932. The van der Waals surface area contributed by atoms with E-state index < -0.39 is 0 Å². The molecular formula is C17H18ClN3O. The number of hydrogen-bond donors (Lipinski definition) is 1. The van der Waals surface area contributed by atoms with Gasteiger partial charge in [-0.15, -0.1) is 0 Å². The molecular weight excluding hydrogens is 298 g/mol. The van der Waals surface area contributed by atoms with E-state index in [1.54, 1.807) is 24.3 Å². The number of hydrogen-bond acceptors (Lipinski definition) is 3. The van der Waals surface area contributed by atoms with Crippen molar-refractivity contribution in [2.24, 2.45) is 0 Å². The second kappa shape index (κ2) is 6.79. The number of amides is 1. The molecule has 3 rings (SSSR count). The molecule has 2 heterocycles. The molecule has 1 aliphatic heterocycles. The van der Waals surface area contributed by atoms with Crippen LogP contribution in [0.2, 0.25) is 5.02 Å². The molecule has 1 amide bonds. The zero-order chi connectivity index (χ0) is 15.4. The fourth-order valence-electron chi connectivity index (χ4n) is 2.59. The summed E-state index contributed by atoms with van der Waals surface area (Å²) in [6.45, 7) is 2.16. The van der Waals surface area contributed by atoms with E-state index in [1.165, 1.54) is 19.3 Å². The van der Waals surface area contributed by atoms with Crippen molar-refractivity contribution >= 4 is 29.0 Å². The molecule has 1 saturated heterocycles. The van der Waals surface area contributed by atoms with Gasteiger partial charge in [0.05, 0.1) is 11.9 Å². The van der Waals surface area contributed by atoms with E-state index in [-0.39, 0.29) is 5.91 Å². The van der Waals surface area contributed by atoms with Crippen molar-refractivity contribution < 1.29 is 4.79 Å².